The first kappa shape index (κ1) is 15.0. The number of piperidine rings is 1. The van der Waals surface area contributed by atoms with E-state index in [-0.39, 0.29) is 11.8 Å². The Balaban J connectivity index is 1.83. The van der Waals surface area contributed by atoms with Gasteiger partial charge in [-0.15, -0.1) is 11.3 Å². The van der Waals surface area contributed by atoms with Gasteiger partial charge in [-0.2, -0.15) is 0 Å². The lowest BCUT2D eigenvalue weighted by atomic mass is 9.96. The van der Waals surface area contributed by atoms with Crippen molar-refractivity contribution in [3.05, 3.63) is 21.9 Å². The lowest BCUT2D eigenvalue weighted by Crippen LogP contribution is -2.39. The molecule has 4 nitrogen and oxygen atoms in total. The van der Waals surface area contributed by atoms with Gasteiger partial charge in [0.1, 0.15) is 0 Å². The van der Waals surface area contributed by atoms with Gasteiger partial charge in [0.25, 0.3) is 0 Å². The predicted molar refractivity (Wildman–Crippen MR) is 82.3 cm³/mol. The molecule has 20 heavy (non-hydrogen) atoms. The highest BCUT2D eigenvalue weighted by Gasteiger charge is 2.24. The molecule has 108 valence electrons. The van der Waals surface area contributed by atoms with Crippen LogP contribution in [0.15, 0.2) is 12.1 Å². The Bertz CT molecular complexity index is 507. The fraction of sp³-hybridized carbons (Fsp3) is 0.533. The molecule has 0 bridgehead atoms. The molecule has 3 N–H and O–H groups in total. The summed E-state index contributed by atoms with van der Waals surface area (Å²) in [4.78, 5) is 16.4. The number of nitrogens with two attached hydrogens (primary N) is 1. The molecule has 0 unspecified atom stereocenters. The first-order valence-corrected chi connectivity index (χ1v) is 7.76. The summed E-state index contributed by atoms with van der Waals surface area (Å²) in [6, 6.07) is 4.19. The van der Waals surface area contributed by atoms with E-state index in [0.717, 1.165) is 37.4 Å². The number of hydrogen-bond donors (Lipinski definition) is 2. The van der Waals surface area contributed by atoms with Crippen molar-refractivity contribution in [2.45, 2.75) is 19.4 Å². The van der Waals surface area contributed by atoms with E-state index in [2.05, 4.69) is 34.2 Å². The zero-order chi connectivity index (χ0) is 14.4. The Kier molecular flexibility index (Phi) is 5.60. The number of carbonyl (C=O) groups is 1. The molecule has 0 radical (unpaired) electrons. The van der Waals surface area contributed by atoms with Crippen LogP contribution in [-0.2, 0) is 11.3 Å². The van der Waals surface area contributed by atoms with E-state index < -0.39 is 0 Å². The quantitative estimate of drug-likeness (QED) is 0.817. The van der Waals surface area contributed by atoms with E-state index in [0.29, 0.717) is 6.54 Å². The van der Waals surface area contributed by atoms with Gasteiger partial charge < -0.3 is 11.1 Å². The summed E-state index contributed by atoms with van der Waals surface area (Å²) in [5, 5.41) is 2.74. The average molecular weight is 291 g/mol. The zero-order valence-corrected chi connectivity index (χ0v) is 12.6. The number of amides is 1. The van der Waals surface area contributed by atoms with Crippen LogP contribution in [0.1, 0.15) is 22.6 Å². The lowest BCUT2D eigenvalue weighted by molar-refractivity contribution is -0.125. The van der Waals surface area contributed by atoms with Crippen LogP contribution in [0.4, 0.5) is 0 Å². The smallest absolute Gasteiger partial charge is 0.222 e. The van der Waals surface area contributed by atoms with Crippen LogP contribution in [0, 0.1) is 17.8 Å². The summed E-state index contributed by atoms with van der Waals surface area (Å²) >= 11 is 1.73. The molecule has 0 spiro atoms. The Morgan fingerprint density at radius 2 is 2.25 bits per heavy atom. The normalized spacial score (nSPS) is 16.5. The van der Waals surface area contributed by atoms with Crippen LogP contribution in [0.25, 0.3) is 0 Å². The second-order valence-electron chi connectivity index (χ2n) is 4.94. The molecule has 2 heterocycles. The van der Waals surface area contributed by atoms with Crippen molar-refractivity contribution in [3.63, 3.8) is 0 Å². The fourth-order valence-corrected chi connectivity index (χ4v) is 3.37. The van der Waals surface area contributed by atoms with E-state index in [4.69, 9.17) is 5.73 Å². The van der Waals surface area contributed by atoms with Gasteiger partial charge in [-0.25, -0.2) is 0 Å². The van der Waals surface area contributed by atoms with Crippen LogP contribution in [-0.4, -0.2) is 37.5 Å². The molecule has 0 aliphatic carbocycles. The molecule has 0 aromatic carbocycles. The van der Waals surface area contributed by atoms with E-state index in [9.17, 15) is 4.79 Å². The number of rotatable bonds is 3. The Labute approximate surface area is 124 Å². The third-order valence-electron chi connectivity index (χ3n) is 3.56. The van der Waals surface area contributed by atoms with Crippen LogP contribution >= 0.6 is 11.3 Å². The minimum Gasteiger partial charge on any atom is -0.359 e. The molecule has 0 atom stereocenters. The van der Waals surface area contributed by atoms with Crippen molar-refractivity contribution >= 4 is 17.2 Å². The first-order chi connectivity index (χ1) is 9.72. The SMILES string of the molecule is CNC(=O)C1CCN(Cc2ccc(C#CCN)s2)CC1. The highest BCUT2D eigenvalue weighted by molar-refractivity contribution is 7.12. The van der Waals surface area contributed by atoms with Gasteiger partial charge in [0.15, 0.2) is 0 Å². The molecule has 2 rings (SSSR count). The van der Waals surface area contributed by atoms with Crippen molar-refractivity contribution in [1.29, 1.82) is 0 Å². The summed E-state index contributed by atoms with van der Waals surface area (Å²) in [6.45, 7) is 3.33. The lowest BCUT2D eigenvalue weighted by Gasteiger charge is -2.30. The molecule has 1 aliphatic heterocycles. The van der Waals surface area contributed by atoms with E-state index in [1.54, 1.807) is 18.4 Å². The zero-order valence-electron chi connectivity index (χ0n) is 11.8. The molecule has 1 amide bonds. The number of likely N-dealkylation sites (tertiary alicyclic amines) is 1. The summed E-state index contributed by atoms with van der Waals surface area (Å²) in [7, 11) is 1.71. The second kappa shape index (κ2) is 7.44. The van der Waals surface area contributed by atoms with Crippen LogP contribution < -0.4 is 11.1 Å². The molecule has 1 aliphatic rings. The molecule has 1 aromatic heterocycles. The molecule has 0 saturated carbocycles. The van der Waals surface area contributed by atoms with Crippen LogP contribution in [0.2, 0.25) is 0 Å². The third kappa shape index (κ3) is 4.07. The van der Waals surface area contributed by atoms with Crippen molar-refractivity contribution in [2.75, 3.05) is 26.7 Å². The highest BCUT2D eigenvalue weighted by Crippen LogP contribution is 2.22. The topological polar surface area (TPSA) is 58.4 Å². The Hall–Kier alpha value is -1.35. The van der Waals surface area contributed by atoms with E-state index >= 15 is 0 Å². The molecule has 1 fully saturated rings. The fourth-order valence-electron chi connectivity index (χ4n) is 2.45. The Morgan fingerprint density at radius 1 is 1.50 bits per heavy atom. The van der Waals surface area contributed by atoms with Crippen LogP contribution in [0.3, 0.4) is 0 Å². The number of thiophene rings is 1. The molecular formula is C15H21N3OS. The summed E-state index contributed by atoms with van der Waals surface area (Å²) in [5.74, 6) is 6.31. The monoisotopic (exact) mass is 291 g/mol. The van der Waals surface area contributed by atoms with E-state index in [1.165, 1.54) is 4.88 Å². The molecular weight excluding hydrogens is 270 g/mol. The average Bonchev–Trinajstić information content (AvgIpc) is 2.92. The molecule has 1 saturated heterocycles. The maximum atomic E-state index is 11.6. The van der Waals surface area contributed by atoms with Gasteiger partial charge in [0.05, 0.1) is 11.4 Å². The van der Waals surface area contributed by atoms with Gasteiger partial charge in [0, 0.05) is 24.4 Å². The minimum absolute atomic E-state index is 0.181. The second-order valence-corrected chi connectivity index (χ2v) is 6.10. The van der Waals surface area contributed by atoms with Crippen molar-refractivity contribution in [3.8, 4) is 11.8 Å². The Morgan fingerprint density at radius 3 is 2.90 bits per heavy atom. The molecule has 5 heteroatoms. The van der Waals surface area contributed by atoms with Gasteiger partial charge in [-0.1, -0.05) is 11.8 Å². The summed E-state index contributed by atoms with van der Waals surface area (Å²) in [6.07, 6.45) is 1.90. The number of hydrogen-bond acceptors (Lipinski definition) is 4. The van der Waals surface area contributed by atoms with Crippen molar-refractivity contribution in [2.24, 2.45) is 11.7 Å². The predicted octanol–water partition coefficient (Wildman–Crippen LogP) is 1.02. The number of nitrogens with zero attached hydrogens (tertiary/aromatic N) is 1. The summed E-state index contributed by atoms with van der Waals surface area (Å²) in [5.41, 5.74) is 5.37. The summed E-state index contributed by atoms with van der Waals surface area (Å²) < 4.78 is 0. The van der Waals surface area contributed by atoms with Gasteiger partial charge in [0.2, 0.25) is 5.91 Å². The highest BCUT2D eigenvalue weighted by atomic mass is 32.1. The number of nitrogens with one attached hydrogen (secondary N) is 1. The largest absolute Gasteiger partial charge is 0.359 e. The maximum Gasteiger partial charge on any atom is 0.222 e. The van der Waals surface area contributed by atoms with Gasteiger partial charge >= 0.3 is 0 Å². The van der Waals surface area contributed by atoms with Gasteiger partial charge in [-0.3, -0.25) is 9.69 Å². The first-order valence-electron chi connectivity index (χ1n) is 6.94. The number of carbonyl (C=O) groups excluding carboxylic acids is 1. The minimum atomic E-state index is 0.181. The third-order valence-corrected chi connectivity index (χ3v) is 4.54. The van der Waals surface area contributed by atoms with Crippen molar-refractivity contribution < 1.29 is 4.79 Å². The van der Waals surface area contributed by atoms with E-state index in [1.807, 2.05) is 0 Å². The van der Waals surface area contributed by atoms with Gasteiger partial charge in [-0.05, 0) is 38.1 Å². The molecule has 1 aromatic rings. The standard InChI is InChI=1S/C15H21N3OS/c1-17-15(19)12-6-9-18(10-7-12)11-14-5-4-13(20-14)3-2-8-16/h4-5,12H,6-11,16H2,1H3,(H,17,19). The van der Waals surface area contributed by atoms with Crippen LogP contribution in [0.5, 0.6) is 0 Å². The maximum absolute atomic E-state index is 11.6. The van der Waals surface area contributed by atoms with Crippen molar-refractivity contribution in [1.82, 2.24) is 10.2 Å².